The van der Waals surface area contributed by atoms with Crippen molar-refractivity contribution in [2.24, 2.45) is 0 Å². The van der Waals surface area contributed by atoms with Crippen molar-refractivity contribution in [1.29, 1.82) is 0 Å². The van der Waals surface area contributed by atoms with Crippen LogP contribution in [0.5, 0.6) is 0 Å². The Labute approximate surface area is 670 Å². The van der Waals surface area contributed by atoms with Gasteiger partial charge < -0.3 is 9.11 Å². The maximum absolute atomic E-state index is 2.90. The minimum absolute atomic E-state index is 0.316. The summed E-state index contributed by atoms with van der Waals surface area (Å²) < 4.78 is 10.8. The fourth-order valence-electron chi connectivity index (χ4n) is 15.6. The number of anilines is 2. The van der Waals surface area contributed by atoms with Gasteiger partial charge in [-0.1, -0.05) is 429 Å². The van der Waals surface area contributed by atoms with Crippen molar-refractivity contribution in [3.8, 4) is 0 Å². The fraction of sp³-hybridized carbons (Fsp3) is 0.176. The number of benzene rings is 14. The van der Waals surface area contributed by atoms with Crippen molar-refractivity contribution in [2.75, 3.05) is 30.3 Å². The predicted molar refractivity (Wildman–Crippen MR) is 492 cm³/mol. The number of aryl methyl sites for hydroxylation is 4. The standard InChI is InChI=1S/C58H59N2P3.C44H46N2P2/c1-6-47-41-45(42-48(7-2)57(47)59(5)61(51-28-16-10-17-29-51)52-30-18-11-19-31-52)40-46-43-49(8-3)58(50(9-4)44-46)60(62(53-32-20-12-21-33-53)54-34-22-13-23-35-54)63(55-36-24-14-25-37-55)56-38-26-15-27-39-56;1-45(47(39-27-13-5-14-28-39)40-29-15-6-16-30-40)43(37-23-9-3-10-24-37)35-21-22-36-44(38-25-11-4-12-26-38)46(2)48(41-31-17-7-18-32-41)42-33-19-8-20-34-42/h10-39,41-44H,6-9,40H2,1-5H3;3-20,23-34,43-44H,21-22,35-36H2,1-2H3. The van der Waals surface area contributed by atoms with Gasteiger partial charge in [-0.3, -0.25) is 9.34 Å². The smallest absolute Gasteiger partial charge is 0.0590 e. The van der Waals surface area contributed by atoms with Gasteiger partial charge in [0.2, 0.25) is 0 Å². The van der Waals surface area contributed by atoms with Gasteiger partial charge in [-0.25, -0.2) is 0 Å². The quantitative estimate of drug-likeness (QED) is 0.0308. The molecule has 0 aliphatic rings. The number of hydrogen-bond donors (Lipinski definition) is 0. The molecule has 0 aromatic heterocycles. The Bertz CT molecular complexity index is 4580. The van der Waals surface area contributed by atoms with Gasteiger partial charge in [-0.2, -0.15) is 0 Å². The third kappa shape index (κ3) is 20.0. The lowest BCUT2D eigenvalue weighted by Gasteiger charge is -2.42. The molecule has 14 rings (SSSR count). The molecular formula is C102H105N4P5. The summed E-state index contributed by atoms with van der Waals surface area (Å²) in [6.45, 7) is 9.36. The molecule has 0 aliphatic heterocycles. The van der Waals surface area contributed by atoms with Crippen LogP contribution < -0.4 is 62.2 Å². The Morgan fingerprint density at radius 2 is 0.432 bits per heavy atom. The molecule has 2 unspecified atom stereocenters. The lowest BCUT2D eigenvalue weighted by Crippen LogP contribution is -2.33. The molecule has 14 aromatic rings. The maximum atomic E-state index is 2.90. The minimum Gasteiger partial charge on any atom is -0.346 e. The molecule has 0 amide bonds. The Hall–Kier alpha value is -9.25. The monoisotopic (exact) mass is 1540 g/mol. The molecular weight excluding hydrogens is 1440 g/mol. The van der Waals surface area contributed by atoms with Crippen molar-refractivity contribution >= 4 is 105 Å². The molecule has 14 aromatic carbocycles. The van der Waals surface area contributed by atoms with Crippen LogP contribution in [0, 0.1) is 0 Å². The fourth-order valence-corrected chi connectivity index (χ4v) is 29.1. The molecule has 0 aliphatic carbocycles. The largest absolute Gasteiger partial charge is 0.346 e. The highest BCUT2D eigenvalue weighted by Crippen LogP contribution is 2.59. The lowest BCUT2D eigenvalue weighted by molar-refractivity contribution is 0.344. The highest BCUT2D eigenvalue weighted by Gasteiger charge is 2.36. The zero-order valence-electron chi connectivity index (χ0n) is 65.5. The molecule has 0 radical (unpaired) electrons. The van der Waals surface area contributed by atoms with Crippen LogP contribution in [0.25, 0.3) is 0 Å². The molecule has 0 fully saturated rings. The molecule has 4 nitrogen and oxygen atoms in total. The Balaban J connectivity index is 0.000000202. The van der Waals surface area contributed by atoms with E-state index < -0.39 is 40.4 Å². The van der Waals surface area contributed by atoms with E-state index in [4.69, 9.17) is 0 Å². The molecule has 0 heterocycles. The molecule has 558 valence electrons. The van der Waals surface area contributed by atoms with Gasteiger partial charge in [0.25, 0.3) is 0 Å². The van der Waals surface area contributed by atoms with Crippen LogP contribution >= 0.6 is 40.4 Å². The summed E-state index contributed by atoms with van der Waals surface area (Å²) in [5.41, 5.74) is 14.1. The number of hydrogen-bond acceptors (Lipinski definition) is 4. The molecule has 0 bridgehead atoms. The van der Waals surface area contributed by atoms with E-state index in [9.17, 15) is 0 Å². The van der Waals surface area contributed by atoms with E-state index in [0.29, 0.717) is 12.1 Å². The topological polar surface area (TPSA) is 13.0 Å². The summed E-state index contributed by atoms with van der Waals surface area (Å²) in [6, 6.07) is 145. The van der Waals surface area contributed by atoms with E-state index in [1.54, 1.807) is 0 Å². The van der Waals surface area contributed by atoms with E-state index >= 15 is 0 Å². The van der Waals surface area contributed by atoms with E-state index in [1.165, 1.54) is 109 Å². The first-order chi connectivity index (χ1) is 54.7. The third-order valence-electron chi connectivity index (χ3n) is 20.9. The summed E-state index contributed by atoms with van der Waals surface area (Å²) in [7, 11) is 2.91. The van der Waals surface area contributed by atoms with Crippen molar-refractivity contribution in [3.63, 3.8) is 0 Å². The van der Waals surface area contributed by atoms with E-state index in [-0.39, 0.29) is 0 Å². The average Bonchev–Trinajstić information content (AvgIpc) is 0.748. The second-order valence-electron chi connectivity index (χ2n) is 28.1. The number of nitrogens with zero attached hydrogens (tertiary/aromatic N) is 4. The number of rotatable bonds is 32. The van der Waals surface area contributed by atoms with Crippen LogP contribution in [0.3, 0.4) is 0 Å². The third-order valence-corrected chi connectivity index (χ3v) is 33.6. The molecule has 0 saturated carbocycles. The van der Waals surface area contributed by atoms with Crippen LogP contribution in [0.1, 0.15) is 110 Å². The average molecular weight is 1540 g/mol. The van der Waals surface area contributed by atoms with Crippen molar-refractivity contribution in [2.45, 2.75) is 97.6 Å². The van der Waals surface area contributed by atoms with Gasteiger partial charge >= 0.3 is 0 Å². The van der Waals surface area contributed by atoms with Crippen molar-refractivity contribution in [1.82, 2.24) is 9.34 Å². The lowest BCUT2D eigenvalue weighted by atomic mass is 9.92. The highest BCUT2D eigenvalue weighted by atomic mass is 31.2. The van der Waals surface area contributed by atoms with Crippen LogP contribution in [-0.4, -0.2) is 30.5 Å². The molecule has 2 atom stereocenters. The molecule has 0 N–H and O–H groups in total. The van der Waals surface area contributed by atoms with Gasteiger partial charge in [0.1, 0.15) is 0 Å². The van der Waals surface area contributed by atoms with Gasteiger partial charge in [0, 0.05) is 72.8 Å². The first kappa shape index (κ1) is 79.8. The minimum atomic E-state index is -0.982. The Morgan fingerprint density at radius 1 is 0.234 bits per heavy atom. The Kier molecular flexibility index (Phi) is 29.3. The second-order valence-corrected chi connectivity index (χ2v) is 39.4. The van der Waals surface area contributed by atoms with Crippen LogP contribution in [0.4, 0.5) is 11.4 Å². The predicted octanol–water partition coefficient (Wildman–Crippen LogP) is 22.9. The summed E-state index contributed by atoms with van der Waals surface area (Å²) >= 11 is 0. The molecule has 111 heavy (non-hydrogen) atoms. The molecule has 0 saturated heterocycles. The summed E-state index contributed by atoms with van der Waals surface area (Å²) in [4.78, 5) is 0. The van der Waals surface area contributed by atoms with Gasteiger partial charge in [-0.15, -0.1) is 0 Å². The van der Waals surface area contributed by atoms with Gasteiger partial charge in [0.15, 0.2) is 0 Å². The highest BCUT2D eigenvalue weighted by molar-refractivity contribution is 7.90. The van der Waals surface area contributed by atoms with E-state index in [1.807, 2.05) is 0 Å². The van der Waals surface area contributed by atoms with Crippen molar-refractivity contribution < 1.29 is 0 Å². The summed E-state index contributed by atoms with van der Waals surface area (Å²) in [5, 5.41) is 13.7. The van der Waals surface area contributed by atoms with Gasteiger partial charge in [-0.05, 0) is 125 Å². The summed E-state index contributed by atoms with van der Waals surface area (Å²) in [6.07, 6.45) is 9.27. The Morgan fingerprint density at radius 3 is 0.658 bits per heavy atom. The second kappa shape index (κ2) is 40.8. The zero-order chi connectivity index (χ0) is 76.5. The normalized spacial score (nSPS) is 12.0. The van der Waals surface area contributed by atoms with Gasteiger partial charge in [0.05, 0.1) is 29.9 Å². The first-order valence-corrected chi connectivity index (χ1v) is 46.1. The van der Waals surface area contributed by atoms with E-state index in [0.717, 1.165) is 57.8 Å². The first-order valence-electron chi connectivity index (χ1n) is 39.6. The van der Waals surface area contributed by atoms with Crippen LogP contribution in [0.15, 0.2) is 388 Å². The molecule has 0 spiro atoms. The van der Waals surface area contributed by atoms with Crippen LogP contribution in [0.2, 0.25) is 0 Å². The summed E-state index contributed by atoms with van der Waals surface area (Å²) in [5.74, 6) is 0. The van der Waals surface area contributed by atoms with Crippen molar-refractivity contribution in [3.05, 3.63) is 433 Å². The number of unbranched alkanes of at least 4 members (excludes halogenated alkanes) is 1. The van der Waals surface area contributed by atoms with E-state index in [2.05, 4.69) is 456 Å². The zero-order valence-corrected chi connectivity index (χ0v) is 70.0. The van der Waals surface area contributed by atoms with Crippen LogP contribution in [-0.2, 0) is 32.1 Å². The SMILES string of the molecule is CCc1cc(Cc2cc(CC)c(N(P(c3ccccc3)c3ccccc3)P(c3ccccc3)c3ccccc3)c(CC)c2)cc(CC)c1N(C)P(c1ccccc1)c1ccccc1.CN(C(CCCCC(c1ccccc1)N(C)P(c1ccccc1)c1ccccc1)c1ccccc1)P(c1ccccc1)c1ccccc1. The maximum Gasteiger partial charge on any atom is 0.0590 e. The molecule has 9 heteroatoms.